The van der Waals surface area contributed by atoms with Crippen LogP contribution < -0.4 is 11.2 Å². The van der Waals surface area contributed by atoms with Crippen LogP contribution in [0.4, 0.5) is 22.0 Å². The third-order valence-electron chi connectivity index (χ3n) is 2.69. The van der Waals surface area contributed by atoms with Gasteiger partial charge in [0, 0.05) is 19.2 Å². The summed E-state index contributed by atoms with van der Waals surface area (Å²) in [6.45, 7) is 0. The van der Waals surface area contributed by atoms with Gasteiger partial charge in [-0.1, -0.05) is 11.6 Å². The van der Waals surface area contributed by atoms with E-state index in [0.717, 1.165) is 7.05 Å². The molecule has 2 aromatic rings. The van der Waals surface area contributed by atoms with Crippen LogP contribution in [0.15, 0.2) is 21.7 Å². The summed E-state index contributed by atoms with van der Waals surface area (Å²) in [6.07, 6.45) is -4.97. The predicted octanol–water partition coefficient (Wildman–Crippen LogP) is 1.88. The summed E-state index contributed by atoms with van der Waals surface area (Å²) in [5, 5.41) is -0.710. The highest BCUT2D eigenvalue weighted by molar-refractivity contribution is 6.30. The van der Waals surface area contributed by atoms with Crippen LogP contribution in [0.1, 0.15) is 5.69 Å². The molecule has 0 amide bonds. The van der Waals surface area contributed by atoms with E-state index in [1.807, 2.05) is 0 Å². The lowest BCUT2D eigenvalue weighted by atomic mass is 10.3. The standard InChI is InChI=1S/C11H5ClF5N3O2/c1-19-6(11(15,16)17)3-7(21)20(10(19)22)9-5(13)2-4(12)8(14)18-9/h2-3H,1H3. The Kier molecular flexibility index (Phi) is 3.81. The van der Waals surface area contributed by atoms with Crippen molar-refractivity contribution in [3.05, 3.63) is 55.5 Å². The molecule has 11 heteroatoms. The Bertz CT molecular complexity index is 872. The van der Waals surface area contributed by atoms with Gasteiger partial charge in [-0.3, -0.25) is 9.36 Å². The van der Waals surface area contributed by atoms with Gasteiger partial charge in [0.25, 0.3) is 5.56 Å². The molecule has 0 fully saturated rings. The summed E-state index contributed by atoms with van der Waals surface area (Å²) in [6, 6.07) is 0.526. The van der Waals surface area contributed by atoms with Crippen LogP contribution in [0.25, 0.3) is 5.82 Å². The van der Waals surface area contributed by atoms with Gasteiger partial charge in [0.15, 0.2) is 11.6 Å². The number of aromatic nitrogens is 3. The zero-order valence-corrected chi connectivity index (χ0v) is 11.3. The Balaban J connectivity index is 2.85. The van der Waals surface area contributed by atoms with Crippen molar-refractivity contribution in [3.63, 3.8) is 0 Å². The first-order valence-corrected chi connectivity index (χ1v) is 5.84. The molecule has 22 heavy (non-hydrogen) atoms. The quantitative estimate of drug-likeness (QED) is 0.588. The molecule has 0 aliphatic carbocycles. The van der Waals surface area contributed by atoms with Gasteiger partial charge in [-0.15, -0.1) is 0 Å². The molecule has 2 heterocycles. The van der Waals surface area contributed by atoms with E-state index in [1.165, 1.54) is 0 Å². The van der Waals surface area contributed by atoms with E-state index in [2.05, 4.69) is 4.98 Å². The van der Waals surface area contributed by atoms with Crippen LogP contribution >= 0.6 is 11.6 Å². The van der Waals surface area contributed by atoms with Crippen molar-refractivity contribution in [3.8, 4) is 5.82 Å². The molecule has 0 saturated heterocycles. The molecule has 2 rings (SSSR count). The van der Waals surface area contributed by atoms with Gasteiger partial charge >= 0.3 is 11.9 Å². The molecule has 118 valence electrons. The molecule has 0 N–H and O–H groups in total. The van der Waals surface area contributed by atoms with E-state index in [-0.39, 0.29) is 15.2 Å². The van der Waals surface area contributed by atoms with Crippen molar-refractivity contribution in [2.75, 3.05) is 0 Å². The molecule has 0 atom stereocenters. The summed E-state index contributed by atoms with van der Waals surface area (Å²) >= 11 is 5.27. The van der Waals surface area contributed by atoms with E-state index < -0.39 is 45.7 Å². The minimum absolute atomic E-state index is 0.0238. The lowest BCUT2D eigenvalue weighted by Gasteiger charge is -2.13. The Hall–Kier alpha value is -2.23. The van der Waals surface area contributed by atoms with Crippen LogP contribution in [0.2, 0.25) is 5.02 Å². The lowest BCUT2D eigenvalue weighted by molar-refractivity contribution is -0.144. The fourth-order valence-electron chi connectivity index (χ4n) is 1.68. The summed E-state index contributed by atoms with van der Waals surface area (Å²) in [7, 11) is 0.727. The molecule has 0 aromatic carbocycles. The van der Waals surface area contributed by atoms with Gasteiger partial charge in [-0.05, 0) is 0 Å². The lowest BCUT2D eigenvalue weighted by Crippen LogP contribution is -2.41. The average Bonchev–Trinajstić information content (AvgIpc) is 2.38. The Labute approximate surface area is 123 Å². The summed E-state index contributed by atoms with van der Waals surface area (Å²) < 4.78 is 65.0. The predicted molar refractivity (Wildman–Crippen MR) is 65.0 cm³/mol. The summed E-state index contributed by atoms with van der Waals surface area (Å²) in [5.41, 5.74) is -4.58. The third kappa shape index (κ3) is 2.61. The van der Waals surface area contributed by atoms with Gasteiger partial charge < -0.3 is 0 Å². The Morgan fingerprint density at radius 2 is 1.77 bits per heavy atom. The van der Waals surface area contributed by atoms with Crippen LogP contribution in [0, 0.1) is 11.8 Å². The van der Waals surface area contributed by atoms with Crippen molar-refractivity contribution < 1.29 is 22.0 Å². The normalized spacial score (nSPS) is 11.8. The maximum absolute atomic E-state index is 13.7. The molecule has 0 radical (unpaired) electrons. The van der Waals surface area contributed by atoms with Crippen LogP contribution in [0.3, 0.4) is 0 Å². The second-order valence-electron chi connectivity index (χ2n) is 4.11. The van der Waals surface area contributed by atoms with Crippen molar-refractivity contribution in [2.45, 2.75) is 6.18 Å². The smallest absolute Gasteiger partial charge is 0.292 e. The Morgan fingerprint density at radius 1 is 1.18 bits per heavy atom. The van der Waals surface area contributed by atoms with Gasteiger partial charge in [0.2, 0.25) is 5.95 Å². The van der Waals surface area contributed by atoms with Crippen LogP contribution in [0.5, 0.6) is 0 Å². The van der Waals surface area contributed by atoms with E-state index in [1.54, 1.807) is 0 Å². The number of hydrogen-bond donors (Lipinski definition) is 0. The van der Waals surface area contributed by atoms with Crippen molar-refractivity contribution in [1.29, 1.82) is 0 Å². The van der Waals surface area contributed by atoms with Crippen LogP contribution in [-0.4, -0.2) is 14.1 Å². The topological polar surface area (TPSA) is 56.9 Å². The molecule has 0 spiro atoms. The summed E-state index contributed by atoms with van der Waals surface area (Å²) in [5.74, 6) is -3.81. The molecular weight excluding hydrogens is 337 g/mol. The van der Waals surface area contributed by atoms with E-state index in [4.69, 9.17) is 11.6 Å². The number of hydrogen-bond acceptors (Lipinski definition) is 3. The SMILES string of the molecule is Cn1c(C(F)(F)F)cc(=O)n(-c2nc(F)c(Cl)cc2F)c1=O. The molecule has 0 saturated carbocycles. The zero-order chi connectivity index (χ0) is 16.8. The molecule has 0 aliphatic heterocycles. The van der Waals surface area contributed by atoms with E-state index in [9.17, 15) is 31.5 Å². The first kappa shape index (κ1) is 16.1. The minimum Gasteiger partial charge on any atom is -0.292 e. The van der Waals surface area contributed by atoms with Gasteiger partial charge in [-0.2, -0.15) is 22.5 Å². The second kappa shape index (κ2) is 5.20. The fourth-order valence-corrected chi connectivity index (χ4v) is 1.82. The molecule has 2 aromatic heterocycles. The van der Waals surface area contributed by atoms with E-state index in [0.29, 0.717) is 6.07 Å². The molecular formula is C11H5ClF5N3O2. The minimum atomic E-state index is -4.97. The second-order valence-corrected chi connectivity index (χ2v) is 4.52. The Morgan fingerprint density at radius 3 is 2.32 bits per heavy atom. The highest BCUT2D eigenvalue weighted by Crippen LogP contribution is 2.27. The highest BCUT2D eigenvalue weighted by atomic mass is 35.5. The van der Waals surface area contributed by atoms with Gasteiger partial charge in [0.05, 0.1) is 5.02 Å². The molecule has 0 unspecified atom stereocenters. The largest absolute Gasteiger partial charge is 0.431 e. The number of nitrogens with zero attached hydrogens (tertiary/aromatic N) is 3. The van der Waals surface area contributed by atoms with Gasteiger partial charge in [-0.25, -0.2) is 13.8 Å². The number of pyridine rings is 1. The van der Waals surface area contributed by atoms with Crippen LogP contribution in [-0.2, 0) is 13.2 Å². The average molecular weight is 342 g/mol. The van der Waals surface area contributed by atoms with Crippen molar-refractivity contribution >= 4 is 11.6 Å². The monoisotopic (exact) mass is 341 g/mol. The van der Waals surface area contributed by atoms with Crippen molar-refractivity contribution in [2.24, 2.45) is 7.05 Å². The highest BCUT2D eigenvalue weighted by Gasteiger charge is 2.35. The fraction of sp³-hybridized carbons (Fsp3) is 0.182. The maximum atomic E-state index is 13.7. The number of alkyl halides is 3. The van der Waals surface area contributed by atoms with E-state index >= 15 is 0 Å². The first-order chi connectivity index (χ1) is 10.0. The molecule has 0 bridgehead atoms. The number of halogens is 6. The van der Waals surface area contributed by atoms with Crippen molar-refractivity contribution in [1.82, 2.24) is 14.1 Å². The number of rotatable bonds is 1. The van der Waals surface area contributed by atoms with Gasteiger partial charge in [0.1, 0.15) is 5.69 Å². The maximum Gasteiger partial charge on any atom is 0.431 e. The molecule has 0 aliphatic rings. The third-order valence-corrected chi connectivity index (χ3v) is 2.96. The zero-order valence-electron chi connectivity index (χ0n) is 10.6. The first-order valence-electron chi connectivity index (χ1n) is 5.46. The summed E-state index contributed by atoms with van der Waals surface area (Å²) in [4.78, 5) is 26.6. The molecule has 5 nitrogen and oxygen atoms in total.